The Kier molecular flexibility index (Phi) is 5.84. The molecule has 0 saturated carbocycles. The van der Waals surface area contributed by atoms with Gasteiger partial charge in [-0.05, 0) is 26.3 Å². The van der Waals surface area contributed by atoms with E-state index in [4.69, 9.17) is 22.7 Å². The van der Waals surface area contributed by atoms with Crippen LogP contribution < -0.4 is 11.1 Å². The second-order valence-electron chi connectivity index (χ2n) is 5.58. The molecule has 1 rings (SSSR count). The minimum absolute atomic E-state index is 0.312. The predicted octanol–water partition coefficient (Wildman–Crippen LogP) is 1.87. The van der Waals surface area contributed by atoms with Crippen LogP contribution >= 0.6 is 12.2 Å². The van der Waals surface area contributed by atoms with Crippen LogP contribution in [-0.4, -0.2) is 29.0 Å². The van der Waals surface area contributed by atoms with Crippen LogP contribution in [0.25, 0.3) is 0 Å². The van der Waals surface area contributed by atoms with Crippen LogP contribution in [-0.2, 0) is 16.0 Å². The molecule has 0 saturated heterocycles. The number of amides is 1. The molecule has 1 radical (unpaired) electrons. The molecule has 0 bridgehead atoms. The number of carbonyl (C=O) groups excluding carboxylic acids is 2. The molecule has 0 aliphatic heterocycles. The molecule has 0 aromatic heterocycles. The van der Waals surface area contributed by atoms with Crippen LogP contribution in [0.4, 0.5) is 4.79 Å². The Morgan fingerprint density at radius 3 is 2.38 bits per heavy atom. The fraction of sp³-hybridized carbons (Fsp3) is 0.400. The van der Waals surface area contributed by atoms with Gasteiger partial charge in [0.2, 0.25) is 6.29 Å². The van der Waals surface area contributed by atoms with Crippen molar-refractivity contribution < 1.29 is 14.3 Å². The van der Waals surface area contributed by atoms with Gasteiger partial charge in [-0.2, -0.15) is 0 Å². The molecule has 1 amide bonds. The van der Waals surface area contributed by atoms with Gasteiger partial charge in [0.25, 0.3) is 0 Å². The van der Waals surface area contributed by atoms with E-state index in [1.807, 2.05) is 0 Å². The van der Waals surface area contributed by atoms with E-state index in [0.29, 0.717) is 11.4 Å². The van der Waals surface area contributed by atoms with Gasteiger partial charge in [-0.15, -0.1) is 0 Å². The topological polar surface area (TPSA) is 81.4 Å². The zero-order valence-electron chi connectivity index (χ0n) is 12.3. The number of benzene rings is 1. The summed E-state index contributed by atoms with van der Waals surface area (Å²) in [5.41, 5.74) is 6.51. The number of hydrogen-bond donors (Lipinski definition) is 2. The first kappa shape index (κ1) is 17.1. The summed E-state index contributed by atoms with van der Waals surface area (Å²) in [6, 6.07) is 6.38. The molecule has 1 atom stereocenters. The summed E-state index contributed by atoms with van der Waals surface area (Å²) in [5.74, 6) is 0. The molecule has 0 spiro atoms. The second kappa shape index (κ2) is 7.17. The fourth-order valence-corrected chi connectivity index (χ4v) is 1.75. The summed E-state index contributed by atoms with van der Waals surface area (Å²) in [5, 5.41) is 2.47. The van der Waals surface area contributed by atoms with Crippen LogP contribution in [0.1, 0.15) is 31.9 Å². The molecule has 3 N–H and O–H groups in total. The average Bonchev–Trinajstić information content (AvgIpc) is 2.36. The van der Waals surface area contributed by atoms with Gasteiger partial charge in [-0.3, -0.25) is 4.79 Å². The number of rotatable bonds is 5. The lowest BCUT2D eigenvalue weighted by Crippen LogP contribution is -2.41. The second-order valence-corrected chi connectivity index (χ2v) is 6.02. The molecule has 0 aliphatic rings. The molecule has 5 nitrogen and oxygen atoms in total. The Labute approximate surface area is 129 Å². The van der Waals surface area contributed by atoms with Gasteiger partial charge in [-0.25, -0.2) is 4.79 Å². The monoisotopic (exact) mass is 307 g/mol. The number of ether oxygens (including phenoxy) is 1. The highest BCUT2D eigenvalue weighted by atomic mass is 32.1. The maximum atomic E-state index is 11.6. The van der Waals surface area contributed by atoms with Crippen molar-refractivity contribution in [2.75, 3.05) is 0 Å². The summed E-state index contributed by atoms with van der Waals surface area (Å²) < 4.78 is 5.10. The Hall–Kier alpha value is -1.95. The molecular weight excluding hydrogens is 288 g/mol. The Balaban J connectivity index is 2.63. The van der Waals surface area contributed by atoms with Gasteiger partial charge >= 0.3 is 6.09 Å². The van der Waals surface area contributed by atoms with Crippen molar-refractivity contribution in [1.29, 1.82) is 0 Å². The molecule has 21 heavy (non-hydrogen) atoms. The van der Waals surface area contributed by atoms with Gasteiger partial charge in [0.15, 0.2) is 0 Å². The maximum Gasteiger partial charge on any atom is 0.408 e. The molecule has 0 aliphatic carbocycles. The number of carbonyl (C=O) groups is 1. The third-order valence-electron chi connectivity index (χ3n) is 2.51. The SMILES string of the molecule is CC(C)(C)OC(=O)NC([C]=O)Cc1ccc(C(N)=S)cc1. The lowest BCUT2D eigenvalue weighted by Gasteiger charge is -2.21. The van der Waals surface area contributed by atoms with Crippen molar-refractivity contribution in [2.24, 2.45) is 5.73 Å². The Bertz CT molecular complexity index is 521. The highest BCUT2D eigenvalue weighted by molar-refractivity contribution is 7.80. The van der Waals surface area contributed by atoms with Crippen molar-refractivity contribution >= 4 is 29.6 Å². The van der Waals surface area contributed by atoms with E-state index in [1.54, 1.807) is 51.3 Å². The summed E-state index contributed by atoms with van der Waals surface area (Å²) in [6.45, 7) is 5.25. The highest BCUT2D eigenvalue weighted by Gasteiger charge is 2.19. The van der Waals surface area contributed by atoms with E-state index >= 15 is 0 Å². The smallest absolute Gasteiger partial charge is 0.408 e. The van der Waals surface area contributed by atoms with Crippen molar-refractivity contribution in [3.8, 4) is 0 Å². The number of thiocarbonyl (C=S) groups is 1. The molecule has 1 unspecified atom stereocenters. The third kappa shape index (κ3) is 6.35. The van der Waals surface area contributed by atoms with Crippen LogP contribution in [0, 0.1) is 0 Å². The fourth-order valence-electron chi connectivity index (χ4n) is 1.61. The van der Waals surface area contributed by atoms with Gasteiger partial charge in [0, 0.05) is 12.0 Å². The first-order valence-corrected chi connectivity index (χ1v) is 6.88. The van der Waals surface area contributed by atoms with Crippen LogP contribution in [0.15, 0.2) is 24.3 Å². The van der Waals surface area contributed by atoms with Crippen molar-refractivity contribution in [3.05, 3.63) is 35.4 Å². The van der Waals surface area contributed by atoms with E-state index in [-0.39, 0.29) is 0 Å². The molecule has 6 heteroatoms. The minimum atomic E-state index is -0.768. The van der Waals surface area contributed by atoms with Gasteiger partial charge < -0.3 is 15.8 Å². The first-order chi connectivity index (χ1) is 9.71. The van der Waals surface area contributed by atoms with E-state index in [9.17, 15) is 9.59 Å². The van der Waals surface area contributed by atoms with E-state index in [0.717, 1.165) is 11.1 Å². The molecular formula is C15H19N2O3S. The minimum Gasteiger partial charge on any atom is -0.444 e. The van der Waals surface area contributed by atoms with Crippen LogP contribution in [0.3, 0.4) is 0 Å². The summed E-state index contributed by atoms with van der Waals surface area (Å²) in [4.78, 5) is 22.9. The quantitative estimate of drug-likeness (QED) is 0.812. The predicted molar refractivity (Wildman–Crippen MR) is 84.9 cm³/mol. The van der Waals surface area contributed by atoms with Crippen LogP contribution in [0.2, 0.25) is 0 Å². The summed E-state index contributed by atoms with van der Waals surface area (Å²) >= 11 is 4.87. The van der Waals surface area contributed by atoms with E-state index in [1.165, 1.54) is 0 Å². The standard InChI is InChI=1S/C15H19N2O3S/c1-15(2,3)20-14(19)17-12(9-18)8-10-4-6-11(7-5-10)13(16)21/h4-7,12H,8H2,1-3H3,(H2,16,21)(H,17,19). The maximum absolute atomic E-state index is 11.6. The van der Waals surface area contributed by atoms with Crippen molar-refractivity contribution in [1.82, 2.24) is 5.32 Å². The normalized spacial score (nSPS) is 12.3. The third-order valence-corrected chi connectivity index (χ3v) is 2.75. The summed E-state index contributed by atoms with van der Waals surface area (Å²) in [6.07, 6.45) is 1.47. The largest absolute Gasteiger partial charge is 0.444 e. The number of hydrogen-bond acceptors (Lipinski definition) is 4. The summed E-state index contributed by atoms with van der Waals surface area (Å²) in [7, 11) is 0. The van der Waals surface area contributed by atoms with Crippen molar-refractivity contribution in [3.63, 3.8) is 0 Å². The number of nitrogens with two attached hydrogens (primary N) is 1. The molecule has 0 heterocycles. The molecule has 0 fully saturated rings. The van der Waals surface area contributed by atoms with Gasteiger partial charge in [0.1, 0.15) is 16.6 Å². The zero-order valence-corrected chi connectivity index (χ0v) is 13.1. The van der Waals surface area contributed by atoms with E-state index in [2.05, 4.69) is 5.32 Å². The number of alkyl carbamates (subject to hydrolysis) is 1. The van der Waals surface area contributed by atoms with Gasteiger partial charge in [-0.1, -0.05) is 36.5 Å². The Morgan fingerprint density at radius 1 is 1.38 bits per heavy atom. The average molecular weight is 307 g/mol. The number of nitrogens with one attached hydrogen (secondary N) is 1. The van der Waals surface area contributed by atoms with Crippen molar-refractivity contribution in [2.45, 2.75) is 38.8 Å². The van der Waals surface area contributed by atoms with Gasteiger partial charge in [0.05, 0.1) is 0 Å². The lowest BCUT2D eigenvalue weighted by atomic mass is 10.0. The zero-order chi connectivity index (χ0) is 16.0. The highest BCUT2D eigenvalue weighted by Crippen LogP contribution is 2.09. The molecule has 1 aromatic rings. The Morgan fingerprint density at radius 2 is 1.95 bits per heavy atom. The molecule has 1 aromatic carbocycles. The van der Waals surface area contributed by atoms with Crippen LogP contribution in [0.5, 0.6) is 0 Å². The van der Waals surface area contributed by atoms with E-state index < -0.39 is 17.7 Å². The lowest BCUT2D eigenvalue weighted by molar-refractivity contribution is 0.0517. The first-order valence-electron chi connectivity index (χ1n) is 6.47. The molecule has 113 valence electrons.